The Labute approximate surface area is 126 Å². The summed E-state index contributed by atoms with van der Waals surface area (Å²) >= 11 is 0. The van der Waals surface area contributed by atoms with E-state index < -0.39 is 18.5 Å². The number of piperidine rings is 1. The van der Waals surface area contributed by atoms with Crippen LogP contribution in [0.1, 0.15) is 23.7 Å². The first kappa shape index (κ1) is 16.2. The number of carboxylic acids is 1. The van der Waals surface area contributed by atoms with Gasteiger partial charge in [-0.15, -0.1) is 0 Å². The zero-order valence-electron chi connectivity index (χ0n) is 12.0. The number of benzene rings is 1. The van der Waals surface area contributed by atoms with Gasteiger partial charge in [0.1, 0.15) is 5.75 Å². The maximum atomic E-state index is 12.4. The summed E-state index contributed by atoms with van der Waals surface area (Å²) in [6, 6.07) is 5.38. The van der Waals surface area contributed by atoms with Gasteiger partial charge in [-0.2, -0.15) is 8.78 Å². The van der Waals surface area contributed by atoms with Crippen molar-refractivity contribution in [2.45, 2.75) is 20.0 Å². The summed E-state index contributed by atoms with van der Waals surface area (Å²) in [7, 11) is 0. The molecule has 2 rings (SSSR count). The van der Waals surface area contributed by atoms with Gasteiger partial charge in [0.2, 0.25) is 0 Å². The third-order valence-electron chi connectivity index (χ3n) is 3.62. The minimum atomic E-state index is -2.92. The predicted molar refractivity (Wildman–Crippen MR) is 73.9 cm³/mol. The van der Waals surface area contributed by atoms with Gasteiger partial charge < -0.3 is 14.7 Å². The molecule has 0 aliphatic carbocycles. The van der Waals surface area contributed by atoms with E-state index in [1.54, 1.807) is 0 Å². The van der Waals surface area contributed by atoms with E-state index in [4.69, 9.17) is 5.11 Å². The molecule has 7 heteroatoms. The molecule has 1 aliphatic rings. The van der Waals surface area contributed by atoms with E-state index in [2.05, 4.69) is 4.74 Å². The zero-order chi connectivity index (χ0) is 16.3. The Bertz CT molecular complexity index is 547. The van der Waals surface area contributed by atoms with Gasteiger partial charge in [0.15, 0.2) is 0 Å². The number of nitrogens with zero attached hydrogens (tertiary/aromatic N) is 1. The van der Waals surface area contributed by atoms with Crippen molar-refractivity contribution >= 4 is 11.9 Å². The van der Waals surface area contributed by atoms with Crippen LogP contribution in [0.15, 0.2) is 24.3 Å². The molecule has 1 fully saturated rings. The average molecular weight is 313 g/mol. The second kappa shape index (κ2) is 6.72. The predicted octanol–water partition coefficient (Wildman–Crippen LogP) is 2.47. The molecule has 1 amide bonds. The van der Waals surface area contributed by atoms with E-state index in [1.807, 2.05) is 6.92 Å². The maximum absolute atomic E-state index is 12.4. The van der Waals surface area contributed by atoms with Crippen LogP contribution in [0, 0.1) is 11.8 Å². The number of likely N-dealkylation sites (tertiary alicyclic amines) is 1. The van der Waals surface area contributed by atoms with Crippen molar-refractivity contribution in [1.29, 1.82) is 0 Å². The number of carbonyl (C=O) groups excluding carboxylic acids is 1. The summed E-state index contributed by atoms with van der Waals surface area (Å²) in [5.74, 6) is -1.72. The van der Waals surface area contributed by atoms with Gasteiger partial charge in [-0.25, -0.2) is 0 Å². The summed E-state index contributed by atoms with van der Waals surface area (Å²) in [4.78, 5) is 25.0. The summed E-state index contributed by atoms with van der Waals surface area (Å²) in [5.41, 5.74) is 0.319. The molecule has 1 aromatic carbocycles. The van der Waals surface area contributed by atoms with E-state index in [9.17, 15) is 18.4 Å². The highest BCUT2D eigenvalue weighted by molar-refractivity contribution is 5.94. The van der Waals surface area contributed by atoms with Crippen molar-refractivity contribution in [2.24, 2.45) is 11.8 Å². The molecule has 5 nitrogen and oxygen atoms in total. The van der Waals surface area contributed by atoms with Crippen LogP contribution in [-0.2, 0) is 4.79 Å². The molecule has 0 spiro atoms. The smallest absolute Gasteiger partial charge is 0.387 e. The van der Waals surface area contributed by atoms with E-state index in [1.165, 1.54) is 29.2 Å². The number of carboxylic acid groups (broad SMARTS) is 1. The summed E-state index contributed by atoms with van der Waals surface area (Å²) in [6.45, 7) is -0.374. The molecule has 0 radical (unpaired) electrons. The molecular weight excluding hydrogens is 296 g/mol. The molecule has 22 heavy (non-hydrogen) atoms. The fraction of sp³-hybridized carbons (Fsp3) is 0.467. The number of carbonyl (C=O) groups is 2. The van der Waals surface area contributed by atoms with Gasteiger partial charge in [-0.05, 0) is 36.6 Å². The third kappa shape index (κ3) is 3.93. The van der Waals surface area contributed by atoms with E-state index in [-0.39, 0.29) is 24.1 Å². The van der Waals surface area contributed by atoms with Crippen LogP contribution in [0.5, 0.6) is 5.75 Å². The Kier molecular flexibility index (Phi) is 4.95. The molecular formula is C15H17F2NO4. The van der Waals surface area contributed by atoms with Gasteiger partial charge in [-0.1, -0.05) is 6.92 Å². The molecule has 0 aromatic heterocycles. The molecule has 1 aliphatic heterocycles. The normalized spacial score (nSPS) is 21.7. The maximum Gasteiger partial charge on any atom is 0.387 e. The number of alkyl halides is 2. The molecule has 120 valence electrons. The lowest BCUT2D eigenvalue weighted by Gasteiger charge is -2.34. The lowest BCUT2D eigenvalue weighted by molar-refractivity contribution is -0.143. The van der Waals surface area contributed by atoms with Crippen LogP contribution in [-0.4, -0.2) is 41.6 Å². The van der Waals surface area contributed by atoms with Crippen molar-refractivity contribution in [1.82, 2.24) is 4.90 Å². The first-order chi connectivity index (χ1) is 10.4. The molecule has 1 aromatic rings. The number of hydrogen-bond acceptors (Lipinski definition) is 3. The molecule has 1 heterocycles. The lowest BCUT2D eigenvalue weighted by atomic mass is 9.90. The highest BCUT2D eigenvalue weighted by Gasteiger charge is 2.32. The first-order valence-electron chi connectivity index (χ1n) is 6.93. The van der Waals surface area contributed by atoms with E-state index >= 15 is 0 Å². The fourth-order valence-electron chi connectivity index (χ4n) is 2.66. The van der Waals surface area contributed by atoms with Crippen molar-refractivity contribution in [3.8, 4) is 5.75 Å². The van der Waals surface area contributed by atoms with Crippen molar-refractivity contribution in [3.05, 3.63) is 29.8 Å². The monoisotopic (exact) mass is 313 g/mol. The largest absolute Gasteiger partial charge is 0.481 e. The summed E-state index contributed by atoms with van der Waals surface area (Å²) < 4.78 is 28.4. The molecule has 0 bridgehead atoms. The molecule has 0 saturated carbocycles. The second-order valence-corrected chi connectivity index (χ2v) is 5.49. The summed E-state index contributed by atoms with van der Waals surface area (Å²) in [6.07, 6.45) is 0.542. The number of hydrogen-bond donors (Lipinski definition) is 1. The number of rotatable bonds is 4. The van der Waals surface area contributed by atoms with Gasteiger partial charge in [0.05, 0.1) is 5.92 Å². The minimum Gasteiger partial charge on any atom is -0.481 e. The van der Waals surface area contributed by atoms with Gasteiger partial charge >= 0.3 is 12.6 Å². The third-order valence-corrected chi connectivity index (χ3v) is 3.62. The Hall–Kier alpha value is -2.18. The fourth-order valence-corrected chi connectivity index (χ4v) is 2.66. The van der Waals surface area contributed by atoms with Gasteiger partial charge in [0.25, 0.3) is 5.91 Å². The molecule has 2 unspecified atom stereocenters. The summed E-state index contributed by atoms with van der Waals surface area (Å²) in [5, 5.41) is 9.12. The topological polar surface area (TPSA) is 66.8 Å². The van der Waals surface area contributed by atoms with Gasteiger partial charge in [-0.3, -0.25) is 9.59 Å². The van der Waals surface area contributed by atoms with Crippen LogP contribution < -0.4 is 4.74 Å². The second-order valence-electron chi connectivity index (χ2n) is 5.49. The quantitative estimate of drug-likeness (QED) is 0.927. The Morgan fingerprint density at radius 1 is 1.27 bits per heavy atom. The highest BCUT2D eigenvalue weighted by Crippen LogP contribution is 2.24. The SMILES string of the molecule is CC1CC(C(=O)O)CN(C(=O)c2ccc(OC(F)F)cc2)C1. The van der Waals surface area contributed by atoms with Crippen LogP contribution in [0.3, 0.4) is 0 Å². The number of ether oxygens (including phenoxy) is 1. The van der Waals surface area contributed by atoms with E-state index in [0.717, 1.165) is 0 Å². The van der Waals surface area contributed by atoms with Crippen LogP contribution >= 0.6 is 0 Å². The van der Waals surface area contributed by atoms with Crippen molar-refractivity contribution < 1.29 is 28.2 Å². The number of aliphatic carboxylic acids is 1. The van der Waals surface area contributed by atoms with Crippen molar-refractivity contribution in [3.63, 3.8) is 0 Å². The average Bonchev–Trinajstić information content (AvgIpc) is 2.46. The zero-order valence-corrected chi connectivity index (χ0v) is 12.0. The number of amides is 1. The highest BCUT2D eigenvalue weighted by atomic mass is 19.3. The first-order valence-corrected chi connectivity index (χ1v) is 6.93. The lowest BCUT2D eigenvalue weighted by Crippen LogP contribution is -2.45. The van der Waals surface area contributed by atoms with Crippen LogP contribution in [0.4, 0.5) is 8.78 Å². The van der Waals surface area contributed by atoms with E-state index in [0.29, 0.717) is 18.5 Å². The Morgan fingerprint density at radius 3 is 2.45 bits per heavy atom. The number of halogens is 2. The van der Waals surface area contributed by atoms with Crippen LogP contribution in [0.25, 0.3) is 0 Å². The minimum absolute atomic E-state index is 0.0259. The molecule has 2 atom stereocenters. The standard InChI is InChI=1S/C15H17F2NO4/c1-9-6-11(14(20)21)8-18(7-9)13(19)10-2-4-12(5-3-10)22-15(16)17/h2-5,9,11,15H,6-8H2,1H3,(H,20,21). The Balaban J connectivity index is 2.08. The Morgan fingerprint density at radius 2 is 1.91 bits per heavy atom. The molecule has 1 saturated heterocycles. The molecule has 1 N–H and O–H groups in total. The van der Waals surface area contributed by atoms with Gasteiger partial charge in [0, 0.05) is 18.7 Å². The van der Waals surface area contributed by atoms with Crippen molar-refractivity contribution in [2.75, 3.05) is 13.1 Å². The van der Waals surface area contributed by atoms with Crippen LogP contribution in [0.2, 0.25) is 0 Å².